The molecule has 0 spiro atoms. The van der Waals surface area contributed by atoms with Gasteiger partial charge in [0, 0.05) is 42.5 Å². The van der Waals surface area contributed by atoms with Crippen LogP contribution in [0.5, 0.6) is 5.75 Å². The Hall–Kier alpha value is -2.34. The smallest absolute Gasteiger partial charge is 0.268 e. The molecule has 1 amide bonds. The zero-order chi connectivity index (χ0) is 20.9. The van der Waals surface area contributed by atoms with Gasteiger partial charge in [-0.25, -0.2) is 0 Å². The molecule has 1 aromatic heterocycles. The second-order valence-corrected chi connectivity index (χ2v) is 8.81. The van der Waals surface area contributed by atoms with Gasteiger partial charge in [-0.3, -0.25) is 9.69 Å². The number of methoxy groups -OCH3 is 1. The number of rotatable bonds is 6. The minimum atomic E-state index is 0.0582. The predicted octanol–water partition coefficient (Wildman–Crippen LogP) is 5.72. The monoisotopic (exact) mass is 440 g/mol. The summed E-state index contributed by atoms with van der Waals surface area (Å²) < 4.78 is 5.40. The van der Waals surface area contributed by atoms with Crippen molar-refractivity contribution in [2.24, 2.45) is 0 Å². The van der Waals surface area contributed by atoms with Crippen molar-refractivity contribution in [1.82, 2.24) is 4.90 Å². The third-order valence-corrected chi connectivity index (χ3v) is 6.78. The molecule has 4 rings (SSSR count). The molecular formula is C24H25ClN2O2S. The van der Waals surface area contributed by atoms with Crippen LogP contribution in [0.3, 0.4) is 0 Å². The molecule has 2 aromatic carbocycles. The zero-order valence-electron chi connectivity index (χ0n) is 17.0. The number of anilines is 1. The van der Waals surface area contributed by atoms with Gasteiger partial charge in [0.05, 0.1) is 12.0 Å². The third kappa shape index (κ3) is 4.69. The number of hydrogen-bond acceptors (Lipinski definition) is 4. The van der Waals surface area contributed by atoms with Gasteiger partial charge in [-0.15, -0.1) is 11.3 Å². The average molecular weight is 441 g/mol. The molecule has 6 heteroatoms. The van der Waals surface area contributed by atoms with E-state index in [1.165, 1.54) is 11.3 Å². The molecule has 30 heavy (non-hydrogen) atoms. The van der Waals surface area contributed by atoms with E-state index in [0.717, 1.165) is 59.4 Å². The van der Waals surface area contributed by atoms with Crippen LogP contribution in [0.15, 0.2) is 66.0 Å². The molecule has 1 aliphatic rings. The van der Waals surface area contributed by atoms with Crippen molar-refractivity contribution < 1.29 is 9.53 Å². The van der Waals surface area contributed by atoms with Crippen LogP contribution < -0.4 is 9.64 Å². The molecule has 0 unspecified atom stereocenters. The van der Waals surface area contributed by atoms with Crippen molar-refractivity contribution in [2.75, 3.05) is 25.1 Å². The molecule has 0 aliphatic carbocycles. The lowest BCUT2D eigenvalue weighted by Gasteiger charge is -2.38. The summed E-state index contributed by atoms with van der Waals surface area (Å²) in [6.45, 7) is 2.69. The van der Waals surface area contributed by atoms with Crippen LogP contribution in [0.25, 0.3) is 0 Å². The highest BCUT2D eigenvalue weighted by atomic mass is 35.5. The molecule has 1 fully saturated rings. The number of benzene rings is 2. The third-order valence-electron chi connectivity index (χ3n) is 5.56. The summed E-state index contributed by atoms with van der Waals surface area (Å²) in [5.41, 5.74) is 2.04. The maximum atomic E-state index is 13.4. The maximum absolute atomic E-state index is 13.4. The van der Waals surface area contributed by atoms with E-state index in [1.807, 2.05) is 64.9 Å². The Morgan fingerprint density at radius 3 is 2.63 bits per heavy atom. The molecular weight excluding hydrogens is 416 g/mol. The largest absolute Gasteiger partial charge is 0.497 e. The molecule has 0 saturated carbocycles. The van der Waals surface area contributed by atoms with Gasteiger partial charge in [0.1, 0.15) is 5.75 Å². The van der Waals surface area contributed by atoms with Crippen LogP contribution in [0.4, 0.5) is 5.69 Å². The Labute approximate surface area is 186 Å². The first kappa shape index (κ1) is 20.9. The molecule has 0 bridgehead atoms. The fraction of sp³-hybridized carbons (Fsp3) is 0.292. The summed E-state index contributed by atoms with van der Waals surface area (Å²) in [6, 6.07) is 19.8. The van der Waals surface area contributed by atoms with Crippen LogP contribution in [-0.4, -0.2) is 37.0 Å². The second-order valence-electron chi connectivity index (χ2n) is 7.45. The Kier molecular flexibility index (Phi) is 6.72. The number of thiophene rings is 1. The molecule has 1 saturated heterocycles. The van der Waals surface area contributed by atoms with E-state index in [2.05, 4.69) is 11.0 Å². The summed E-state index contributed by atoms with van der Waals surface area (Å²) in [6.07, 6.45) is 1.83. The first-order chi connectivity index (χ1) is 14.7. The first-order valence-corrected chi connectivity index (χ1v) is 11.4. The lowest BCUT2D eigenvalue weighted by Crippen LogP contribution is -2.47. The molecule has 2 heterocycles. The fourth-order valence-electron chi connectivity index (χ4n) is 3.98. The lowest BCUT2D eigenvalue weighted by atomic mass is 10.0. The number of halogens is 1. The average Bonchev–Trinajstić information content (AvgIpc) is 3.32. The second kappa shape index (κ2) is 9.65. The van der Waals surface area contributed by atoms with Crippen LogP contribution in [0.1, 0.15) is 28.1 Å². The first-order valence-electron chi connectivity index (χ1n) is 10.1. The van der Waals surface area contributed by atoms with E-state index < -0.39 is 0 Å². The summed E-state index contributed by atoms with van der Waals surface area (Å²) in [4.78, 5) is 18.5. The highest BCUT2D eigenvalue weighted by Gasteiger charge is 2.30. The van der Waals surface area contributed by atoms with Gasteiger partial charge in [-0.05, 0) is 48.1 Å². The Morgan fingerprint density at radius 1 is 1.13 bits per heavy atom. The van der Waals surface area contributed by atoms with Crippen molar-refractivity contribution in [1.29, 1.82) is 0 Å². The topological polar surface area (TPSA) is 32.8 Å². The standard InChI is InChI=1S/C24H25ClN2O2S/c1-29-21-8-4-7-20(16-21)27(24(28)23-10-5-15-30-23)19-11-13-26(14-12-19)17-18-6-2-3-9-22(18)25/h2-10,15-16,19H,11-14,17H2,1H3. The van der Waals surface area contributed by atoms with Gasteiger partial charge >= 0.3 is 0 Å². The maximum Gasteiger partial charge on any atom is 0.268 e. The Balaban J connectivity index is 1.52. The van der Waals surface area contributed by atoms with E-state index >= 15 is 0 Å². The molecule has 4 nitrogen and oxygen atoms in total. The van der Waals surface area contributed by atoms with Crippen LogP contribution in [0, 0.1) is 0 Å². The van der Waals surface area contributed by atoms with Crippen molar-refractivity contribution in [2.45, 2.75) is 25.4 Å². The Bertz CT molecular complexity index is 984. The van der Waals surface area contributed by atoms with Gasteiger partial charge in [0.25, 0.3) is 5.91 Å². The lowest BCUT2D eigenvalue weighted by molar-refractivity contribution is 0.0962. The van der Waals surface area contributed by atoms with E-state index in [0.29, 0.717) is 0 Å². The van der Waals surface area contributed by atoms with Gasteiger partial charge in [0.2, 0.25) is 0 Å². The van der Waals surface area contributed by atoms with Crippen LogP contribution in [0.2, 0.25) is 5.02 Å². The van der Waals surface area contributed by atoms with Gasteiger partial charge in [0.15, 0.2) is 0 Å². The number of hydrogen-bond donors (Lipinski definition) is 0. The summed E-state index contributed by atoms with van der Waals surface area (Å²) in [5.74, 6) is 0.815. The Morgan fingerprint density at radius 2 is 1.93 bits per heavy atom. The number of piperidine rings is 1. The summed E-state index contributed by atoms with van der Waals surface area (Å²) in [7, 11) is 1.65. The molecule has 0 N–H and O–H groups in total. The fourth-order valence-corrected chi connectivity index (χ4v) is 4.83. The van der Waals surface area contributed by atoms with Crippen molar-refractivity contribution in [3.63, 3.8) is 0 Å². The summed E-state index contributed by atoms with van der Waals surface area (Å²) in [5, 5.41) is 2.76. The number of ether oxygens (including phenoxy) is 1. The van der Waals surface area contributed by atoms with Crippen LogP contribution >= 0.6 is 22.9 Å². The number of carbonyl (C=O) groups excluding carboxylic acids is 1. The van der Waals surface area contributed by atoms with Crippen molar-refractivity contribution in [3.05, 3.63) is 81.5 Å². The number of nitrogens with zero attached hydrogens (tertiary/aromatic N) is 2. The highest BCUT2D eigenvalue weighted by molar-refractivity contribution is 7.12. The van der Waals surface area contributed by atoms with E-state index in [-0.39, 0.29) is 11.9 Å². The summed E-state index contributed by atoms with van der Waals surface area (Å²) >= 11 is 7.82. The van der Waals surface area contributed by atoms with Crippen molar-refractivity contribution in [3.8, 4) is 5.75 Å². The molecule has 0 atom stereocenters. The SMILES string of the molecule is COc1cccc(N(C(=O)c2cccs2)C2CCN(Cc3ccccc3Cl)CC2)c1. The van der Waals surface area contributed by atoms with E-state index in [1.54, 1.807) is 7.11 Å². The van der Waals surface area contributed by atoms with Crippen LogP contribution in [-0.2, 0) is 6.54 Å². The zero-order valence-corrected chi connectivity index (χ0v) is 18.5. The minimum absolute atomic E-state index is 0.0582. The van der Waals surface area contributed by atoms with E-state index in [9.17, 15) is 4.79 Å². The predicted molar refractivity (Wildman–Crippen MR) is 124 cm³/mol. The molecule has 3 aromatic rings. The number of carbonyl (C=O) groups is 1. The van der Waals surface area contributed by atoms with E-state index in [4.69, 9.17) is 16.3 Å². The molecule has 156 valence electrons. The quantitative estimate of drug-likeness (QED) is 0.491. The van der Waals surface area contributed by atoms with Gasteiger partial charge in [-0.1, -0.05) is 41.9 Å². The van der Waals surface area contributed by atoms with Gasteiger partial charge < -0.3 is 9.64 Å². The molecule has 1 aliphatic heterocycles. The minimum Gasteiger partial charge on any atom is -0.497 e. The number of amides is 1. The molecule has 0 radical (unpaired) electrons. The highest BCUT2D eigenvalue weighted by Crippen LogP contribution is 2.30. The van der Waals surface area contributed by atoms with Gasteiger partial charge in [-0.2, -0.15) is 0 Å². The number of likely N-dealkylation sites (tertiary alicyclic amines) is 1. The van der Waals surface area contributed by atoms with Crippen molar-refractivity contribution >= 4 is 34.5 Å². The normalized spacial score (nSPS) is 15.1.